The van der Waals surface area contributed by atoms with E-state index in [0.29, 0.717) is 23.9 Å². The zero-order valence-corrected chi connectivity index (χ0v) is 13.2. The molecule has 22 heavy (non-hydrogen) atoms. The summed E-state index contributed by atoms with van der Waals surface area (Å²) in [5, 5.41) is 13.4. The van der Waals surface area contributed by atoms with E-state index >= 15 is 0 Å². The Morgan fingerprint density at radius 1 is 1.55 bits per heavy atom. The molecule has 7 nitrogen and oxygen atoms in total. The number of ether oxygens (including phenoxy) is 1. The molecule has 1 aliphatic rings. The van der Waals surface area contributed by atoms with Gasteiger partial charge in [0.05, 0.1) is 24.8 Å². The van der Waals surface area contributed by atoms with Crippen molar-refractivity contribution in [3.63, 3.8) is 0 Å². The first-order valence-electron chi connectivity index (χ1n) is 6.88. The average molecular weight is 328 g/mol. The number of carbonyl (C=O) groups excluding carboxylic acids is 1. The number of nitrogens with zero attached hydrogens (tertiary/aromatic N) is 3. The maximum Gasteiger partial charge on any atom is 0.306 e. The monoisotopic (exact) mass is 327 g/mol. The maximum absolute atomic E-state index is 12.2. The maximum atomic E-state index is 12.2. The second-order valence-corrected chi connectivity index (χ2v) is 5.48. The molecule has 0 aliphatic carbocycles. The van der Waals surface area contributed by atoms with Gasteiger partial charge in [-0.05, 0) is 13.0 Å². The summed E-state index contributed by atoms with van der Waals surface area (Å²) in [6, 6.07) is 0. The largest absolute Gasteiger partial charge is 0.481 e. The van der Waals surface area contributed by atoms with Gasteiger partial charge in [-0.25, -0.2) is 0 Å². The summed E-state index contributed by atoms with van der Waals surface area (Å²) in [6.07, 6.45) is 2.49. The van der Waals surface area contributed by atoms with Crippen LogP contribution in [0, 0.1) is 6.92 Å². The van der Waals surface area contributed by atoms with E-state index in [2.05, 4.69) is 5.10 Å². The molecule has 1 N–H and O–H groups in total. The number of hydrogen-bond acceptors (Lipinski definition) is 4. The van der Waals surface area contributed by atoms with Gasteiger partial charge in [-0.15, -0.1) is 0 Å². The Labute approximate surface area is 133 Å². The average Bonchev–Trinajstić information content (AvgIpc) is 2.69. The molecule has 0 radical (unpaired) electrons. The molecular weight excluding hydrogens is 310 g/mol. The van der Waals surface area contributed by atoms with Crippen molar-refractivity contribution in [2.45, 2.75) is 19.4 Å². The van der Waals surface area contributed by atoms with Crippen LogP contribution in [-0.4, -0.2) is 57.5 Å². The van der Waals surface area contributed by atoms with Gasteiger partial charge in [-0.2, -0.15) is 5.10 Å². The molecule has 1 fully saturated rings. The molecule has 1 unspecified atom stereocenters. The second kappa shape index (κ2) is 6.93. The van der Waals surface area contributed by atoms with E-state index in [4.69, 9.17) is 21.4 Å². The van der Waals surface area contributed by atoms with Crippen LogP contribution < -0.4 is 0 Å². The molecule has 1 aromatic heterocycles. The quantitative estimate of drug-likeness (QED) is 0.837. The third kappa shape index (κ3) is 3.86. The number of carboxylic acid groups (broad SMARTS) is 1. The van der Waals surface area contributed by atoms with Crippen molar-refractivity contribution in [1.29, 1.82) is 0 Å². The Balaban J connectivity index is 2.02. The van der Waals surface area contributed by atoms with Crippen LogP contribution in [0.3, 0.4) is 0 Å². The van der Waals surface area contributed by atoms with Crippen LogP contribution in [0.5, 0.6) is 0 Å². The summed E-state index contributed by atoms with van der Waals surface area (Å²) < 4.78 is 6.88. The lowest BCUT2D eigenvalue weighted by Crippen LogP contribution is -2.45. The molecule has 120 valence electrons. The number of carbonyl (C=O) groups is 2. The van der Waals surface area contributed by atoms with E-state index in [9.17, 15) is 9.59 Å². The highest BCUT2D eigenvalue weighted by Gasteiger charge is 2.24. The van der Waals surface area contributed by atoms with Crippen molar-refractivity contribution in [2.75, 3.05) is 19.7 Å². The first kappa shape index (κ1) is 16.5. The standard InChI is InChI=1S/C14H18ClN3O4/c1-9-11(14(15)17(2)16-9)3-4-12(19)18-5-6-22-10(8-18)7-13(20)21/h3-4,10H,5-8H2,1-2H3,(H,20,21)/b4-3+. The smallest absolute Gasteiger partial charge is 0.306 e. The number of hydrogen-bond donors (Lipinski definition) is 1. The van der Waals surface area contributed by atoms with Gasteiger partial charge in [0, 0.05) is 31.8 Å². The van der Waals surface area contributed by atoms with Crippen molar-refractivity contribution >= 4 is 29.6 Å². The fourth-order valence-corrected chi connectivity index (χ4v) is 2.57. The summed E-state index contributed by atoms with van der Waals surface area (Å²) in [6.45, 7) is 2.87. The lowest BCUT2D eigenvalue weighted by molar-refractivity contribution is -0.145. The summed E-state index contributed by atoms with van der Waals surface area (Å²) in [5.41, 5.74) is 1.44. The third-order valence-corrected chi connectivity index (χ3v) is 3.89. The number of morpholine rings is 1. The summed E-state index contributed by atoms with van der Waals surface area (Å²) in [5.74, 6) is -1.13. The zero-order valence-electron chi connectivity index (χ0n) is 12.5. The van der Waals surface area contributed by atoms with E-state index in [1.165, 1.54) is 6.08 Å². The van der Waals surface area contributed by atoms with Crippen molar-refractivity contribution in [3.8, 4) is 0 Å². The van der Waals surface area contributed by atoms with Gasteiger partial charge in [-0.3, -0.25) is 14.3 Å². The molecule has 0 spiro atoms. The lowest BCUT2D eigenvalue weighted by Gasteiger charge is -2.31. The molecule has 1 atom stereocenters. The number of aliphatic carboxylic acids is 1. The molecule has 2 rings (SSSR count). The molecule has 1 aromatic rings. The number of carboxylic acids is 1. The summed E-state index contributed by atoms with van der Waals surface area (Å²) >= 11 is 6.10. The predicted octanol–water partition coefficient (Wildman–Crippen LogP) is 1.10. The van der Waals surface area contributed by atoms with Crippen molar-refractivity contribution in [3.05, 3.63) is 22.5 Å². The number of aryl methyl sites for hydroxylation is 2. The van der Waals surface area contributed by atoms with Gasteiger partial charge in [0.2, 0.25) is 5.91 Å². The molecule has 0 saturated carbocycles. The first-order valence-corrected chi connectivity index (χ1v) is 7.25. The van der Waals surface area contributed by atoms with Gasteiger partial charge in [0.25, 0.3) is 0 Å². The minimum absolute atomic E-state index is 0.110. The Kier molecular flexibility index (Phi) is 5.20. The SMILES string of the molecule is Cc1nn(C)c(Cl)c1/C=C/C(=O)N1CCOC(CC(=O)O)C1. The Morgan fingerprint density at radius 2 is 2.27 bits per heavy atom. The van der Waals surface area contributed by atoms with Gasteiger partial charge in [0.1, 0.15) is 5.15 Å². The van der Waals surface area contributed by atoms with E-state index in [-0.39, 0.29) is 18.9 Å². The highest BCUT2D eigenvalue weighted by Crippen LogP contribution is 2.20. The molecule has 1 saturated heterocycles. The first-order chi connectivity index (χ1) is 10.4. The topological polar surface area (TPSA) is 84.7 Å². The lowest BCUT2D eigenvalue weighted by atomic mass is 10.2. The summed E-state index contributed by atoms with van der Waals surface area (Å²) in [4.78, 5) is 24.5. The zero-order chi connectivity index (χ0) is 16.3. The molecule has 2 heterocycles. The van der Waals surface area contributed by atoms with Crippen LogP contribution in [0.15, 0.2) is 6.08 Å². The molecular formula is C14H18ClN3O4. The number of aromatic nitrogens is 2. The Bertz CT molecular complexity index is 611. The van der Waals surface area contributed by atoms with Crippen LogP contribution in [0.2, 0.25) is 5.15 Å². The highest BCUT2D eigenvalue weighted by molar-refractivity contribution is 6.31. The van der Waals surface area contributed by atoms with Gasteiger partial charge in [0.15, 0.2) is 0 Å². The van der Waals surface area contributed by atoms with Crippen LogP contribution in [0.4, 0.5) is 0 Å². The second-order valence-electron chi connectivity index (χ2n) is 5.12. The summed E-state index contributed by atoms with van der Waals surface area (Å²) in [7, 11) is 1.73. The molecule has 1 aliphatic heterocycles. The minimum atomic E-state index is -0.937. The van der Waals surface area contributed by atoms with Crippen molar-refractivity contribution < 1.29 is 19.4 Å². The molecule has 0 aromatic carbocycles. The number of rotatable bonds is 4. The van der Waals surface area contributed by atoms with Crippen LogP contribution in [0.1, 0.15) is 17.7 Å². The number of amides is 1. The number of halogens is 1. The minimum Gasteiger partial charge on any atom is -0.481 e. The highest BCUT2D eigenvalue weighted by atomic mass is 35.5. The molecule has 1 amide bonds. The van der Waals surface area contributed by atoms with E-state index < -0.39 is 12.1 Å². The van der Waals surface area contributed by atoms with Crippen LogP contribution in [0.25, 0.3) is 6.08 Å². The molecule has 8 heteroatoms. The van der Waals surface area contributed by atoms with E-state index in [0.717, 1.165) is 5.69 Å². The van der Waals surface area contributed by atoms with E-state index in [1.54, 1.807) is 22.7 Å². The molecule has 0 bridgehead atoms. The fraction of sp³-hybridized carbons (Fsp3) is 0.500. The van der Waals surface area contributed by atoms with Gasteiger partial charge < -0.3 is 14.7 Å². The van der Waals surface area contributed by atoms with E-state index in [1.807, 2.05) is 6.92 Å². The van der Waals surface area contributed by atoms with Gasteiger partial charge >= 0.3 is 5.97 Å². The van der Waals surface area contributed by atoms with Gasteiger partial charge in [-0.1, -0.05) is 11.6 Å². The Morgan fingerprint density at radius 3 is 2.86 bits per heavy atom. The fourth-order valence-electron chi connectivity index (χ4n) is 2.33. The van der Waals surface area contributed by atoms with Crippen LogP contribution >= 0.6 is 11.6 Å². The third-order valence-electron chi connectivity index (χ3n) is 3.44. The Hall–Kier alpha value is -1.86. The predicted molar refractivity (Wildman–Crippen MR) is 80.6 cm³/mol. The van der Waals surface area contributed by atoms with Crippen LogP contribution in [-0.2, 0) is 21.4 Å². The normalized spacial score (nSPS) is 18.9. The van der Waals surface area contributed by atoms with Crippen molar-refractivity contribution in [1.82, 2.24) is 14.7 Å². The van der Waals surface area contributed by atoms with Crippen molar-refractivity contribution in [2.24, 2.45) is 7.05 Å².